The number of rotatable bonds is 5. The number of nitrogens with one attached hydrogen (secondary N) is 1. The zero-order chi connectivity index (χ0) is 28.7. The van der Waals surface area contributed by atoms with Crippen LogP contribution in [0.3, 0.4) is 0 Å². The van der Waals surface area contributed by atoms with E-state index in [1.165, 1.54) is 21.4 Å². The average molecular weight is 554 g/mol. The van der Waals surface area contributed by atoms with Gasteiger partial charge in [-0.3, -0.25) is 23.8 Å². The van der Waals surface area contributed by atoms with Crippen molar-refractivity contribution in [3.63, 3.8) is 0 Å². The molecular weight excluding hydrogens is 531 g/mol. The van der Waals surface area contributed by atoms with Crippen LogP contribution >= 0.6 is 0 Å². The lowest BCUT2D eigenvalue weighted by Gasteiger charge is -2.19. The predicted molar refractivity (Wildman–Crippen MR) is 149 cm³/mol. The van der Waals surface area contributed by atoms with Gasteiger partial charge in [0.2, 0.25) is 0 Å². The maximum absolute atomic E-state index is 13.6. The van der Waals surface area contributed by atoms with Crippen LogP contribution in [0, 0.1) is 0 Å². The van der Waals surface area contributed by atoms with Crippen molar-refractivity contribution in [1.29, 1.82) is 0 Å². The summed E-state index contributed by atoms with van der Waals surface area (Å²) in [4.78, 5) is 31.6. The van der Waals surface area contributed by atoms with Gasteiger partial charge < -0.3 is 5.32 Å². The van der Waals surface area contributed by atoms with E-state index in [0.29, 0.717) is 27.7 Å². The summed E-state index contributed by atoms with van der Waals surface area (Å²) in [7, 11) is 1.67. The van der Waals surface area contributed by atoms with Crippen LogP contribution in [0.1, 0.15) is 33.2 Å². The van der Waals surface area contributed by atoms with E-state index in [-0.39, 0.29) is 17.0 Å². The third-order valence-electron chi connectivity index (χ3n) is 6.86. The normalized spacial score (nSPS) is 12.5. The largest absolute Gasteiger partial charge is 0.416 e. The first kappa shape index (κ1) is 26.0. The lowest BCUT2D eigenvalue weighted by molar-refractivity contribution is -0.137. The van der Waals surface area contributed by atoms with E-state index in [1.807, 2.05) is 42.5 Å². The van der Waals surface area contributed by atoms with Gasteiger partial charge in [0.1, 0.15) is 5.52 Å². The van der Waals surface area contributed by atoms with Crippen molar-refractivity contribution < 1.29 is 18.0 Å². The molecule has 0 fully saturated rings. The Kier molecular flexibility index (Phi) is 6.37. The van der Waals surface area contributed by atoms with Crippen LogP contribution in [0.25, 0.3) is 27.5 Å². The second-order valence-corrected chi connectivity index (χ2v) is 9.55. The van der Waals surface area contributed by atoms with Gasteiger partial charge in [0.05, 0.1) is 28.2 Å². The maximum atomic E-state index is 13.6. The van der Waals surface area contributed by atoms with Crippen LogP contribution in [-0.2, 0) is 13.2 Å². The molecule has 3 aromatic carbocycles. The van der Waals surface area contributed by atoms with Gasteiger partial charge >= 0.3 is 6.18 Å². The second-order valence-electron chi connectivity index (χ2n) is 9.55. The highest BCUT2D eigenvalue weighted by Gasteiger charge is 2.30. The minimum absolute atomic E-state index is 0.259. The third kappa shape index (κ3) is 4.84. The molecule has 0 aliphatic carbocycles. The Balaban J connectivity index is 1.47. The first-order valence-electron chi connectivity index (χ1n) is 12.7. The van der Waals surface area contributed by atoms with E-state index in [2.05, 4.69) is 15.4 Å². The Morgan fingerprint density at radius 2 is 1.63 bits per heavy atom. The Hall–Kier alpha value is -5.25. The van der Waals surface area contributed by atoms with E-state index in [9.17, 15) is 22.8 Å². The van der Waals surface area contributed by atoms with Gasteiger partial charge in [-0.15, -0.1) is 0 Å². The van der Waals surface area contributed by atoms with Crippen molar-refractivity contribution in [3.05, 3.63) is 136 Å². The van der Waals surface area contributed by atoms with Crippen molar-refractivity contribution >= 4 is 27.7 Å². The molecule has 204 valence electrons. The highest BCUT2D eigenvalue weighted by molar-refractivity contribution is 6.07. The number of fused-ring (bicyclic) bond motifs is 3. The van der Waals surface area contributed by atoms with Crippen LogP contribution in [0.15, 0.2) is 108 Å². The zero-order valence-corrected chi connectivity index (χ0v) is 21.6. The van der Waals surface area contributed by atoms with Crippen molar-refractivity contribution in [1.82, 2.24) is 24.6 Å². The summed E-state index contributed by atoms with van der Waals surface area (Å²) < 4.78 is 42.3. The summed E-state index contributed by atoms with van der Waals surface area (Å²) in [6.07, 6.45) is -1.29. The number of carbonyl (C=O) groups excluding carboxylic acids is 1. The molecule has 3 aromatic heterocycles. The summed E-state index contributed by atoms with van der Waals surface area (Å²) in [6.45, 7) is 0. The molecule has 6 aromatic rings. The molecule has 0 spiro atoms. The van der Waals surface area contributed by atoms with E-state index in [4.69, 9.17) is 0 Å². The Bertz CT molecular complexity index is 1910. The number of aromatic nitrogens is 4. The van der Waals surface area contributed by atoms with Crippen molar-refractivity contribution in [2.75, 3.05) is 0 Å². The Morgan fingerprint density at radius 3 is 2.32 bits per heavy atom. The number of hydrogen-bond donors (Lipinski definition) is 1. The van der Waals surface area contributed by atoms with Crippen LogP contribution < -0.4 is 10.9 Å². The van der Waals surface area contributed by atoms with E-state index in [0.717, 1.165) is 17.7 Å². The van der Waals surface area contributed by atoms with E-state index < -0.39 is 23.3 Å². The van der Waals surface area contributed by atoms with E-state index >= 15 is 0 Å². The lowest BCUT2D eigenvalue weighted by Crippen LogP contribution is -2.30. The zero-order valence-electron chi connectivity index (χ0n) is 21.6. The number of nitrogens with zero attached hydrogens (tertiary/aromatic N) is 4. The number of hydrogen-bond acceptors (Lipinski definition) is 4. The van der Waals surface area contributed by atoms with Crippen molar-refractivity contribution in [2.45, 2.75) is 12.2 Å². The molecule has 7 nitrogen and oxygen atoms in total. The second kappa shape index (κ2) is 10.1. The maximum Gasteiger partial charge on any atom is 0.416 e. The van der Waals surface area contributed by atoms with Gasteiger partial charge in [0.15, 0.2) is 0 Å². The van der Waals surface area contributed by atoms with Crippen LogP contribution in [0.4, 0.5) is 13.2 Å². The summed E-state index contributed by atoms with van der Waals surface area (Å²) in [5, 5.41) is 8.29. The average Bonchev–Trinajstić information content (AvgIpc) is 3.38. The standard InChI is InChI=1S/C31H22F3N5O2/c1-38-18-24-28(37-38)23-17-20(29(40)36-27(19-7-3-2-4-8-19)25-9-5-6-16-35-25)10-15-26(23)39(30(24)41)22-13-11-21(12-14-22)31(32,33)34/h2-18,27H,1H3,(H,36,40)/t27-/m0/s1. The number of carbonyl (C=O) groups is 1. The smallest absolute Gasteiger partial charge is 0.340 e. The molecule has 3 heterocycles. The fraction of sp³-hybridized carbons (Fsp3) is 0.0968. The Morgan fingerprint density at radius 1 is 0.902 bits per heavy atom. The first-order chi connectivity index (χ1) is 19.7. The van der Waals surface area contributed by atoms with E-state index in [1.54, 1.807) is 43.7 Å². The highest BCUT2D eigenvalue weighted by Crippen LogP contribution is 2.31. The number of amides is 1. The molecular formula is C31H22F3N5O2. The van der Waals surface area contributed by atoms with Gasteiger partial charge in [-0.1, -0.05) is 36.4 Å². The molecule has 0 aliphatic rings. The number of pyridine rings is 2. The fourth-order valence-corrected chi connectivity index (χ4v) is 4.93. The summed E-state index contributed by atoms with van der Waals surface area (Å²) >= 11 is 0. The monoisotopic (exact) mass is 553 g/mol. The van der Waals surface area contributed by atoms with Crippen LogP contribution in [-0.4, -0.2) is 25.2 Å². The lowest BCUT2D eigenvalue weighted by atomic mass is 10.0. The third-order valence-corrected chi connectivity index (χ3v) is 6.86. The van der Waals surface area contributed by atoms with Gasteiger partial charge in [-0.25, -0.2) is 0 Å². The van der Waals surface area contributed by atoms with Gasteiger partial charge in [0, 0.05) is 36.1 Å². The minimum atomic E-state index is -4.51. The van der Waals surface area contributed by atoms with Crippen LogP contribution in [0.5, 0.6) is 0 Å². The minimum Gasteiger partial charge on any atom is -0.340 e. The Labute approximate surface area is 231 Å². The quantitative estimate of drug-likeness (QED) is 0.292. The van der Waals surface area contributed by atoms with Crippen molar-refractivity contribution in [3.8, 4) is 5.69 Å². The molecule has 0 saturated carbocycles. The van der Waals surface area contributed by atoms with Crippen LogP contribution in [0.2, 0.25) is 0 Å². The molecule has 41 heavy (non-hydrogen) atoms. The number of aryl methyl sites for hydroxylation is 1. The molecule has 0 aliphatic heterocycles. The van der Waals surface area contributed by atoms with Crippen molar-refractivity contribution in [2.24, 2.45) is 7.05 Å². The molecule has 6 rings (SSSR count). The number of benzene rings is 3. The molecule has 1 atom stereocenters. The fourth-order valence-electron chi connectivity index (χ4n) is 4.93. The number of alkyl halides is 3. The summed E-state index contributed by atoms with van der Waals surface area (Å²) in [6, 6.07) is 23.6. The molecule has 0 bridgehead atoms. The highest BCUT2D eigenvalue weighted by atomic mass is 19.4. The summed E-state index contributed by atoms with van der Waals surface area (Å²) in [5.74, 6) is -0.372. The molecule has 1 N–H and O–H groups in total. The van der Waals surface area contributed by atoms with Gasteiger partial charge in [-0.2, -0.15) is 18.3 Å². The molecule has 1 amide bonds. The first-order valence-corrected chi connectivity index (χ1v) is 12.7. The number of halogens is 3. The SMILES string of the molecule is Cn1cc2c(=O)n(-c3ccc(C(F)(F)F)cc3)c3ccc(C(=O)N[C@@H](c4ccccc4)c4ccccn4)cc3c2n1. The summed E-state index contributed by atoms with van der Waals surface area (Å²) in [5.41, 5.74) is 1.63. The molecule has 10 heteroatoms. The topological polar surface area (TPSA) is 81.8 Å². The molecule has 0 unspecified atom stereocenters. The predicted octanol–water partition coefficient (Wildman–Crippen LogP) is 5.81. The van der Waals surface area contributed by atoms with Gasteiger partial charge in [-0.05, 0) is 60.2 Å². The van der Waals surface area contributed by atoms with Gasteiger partial charge in [0.25, 0.3) is 11.5 Å². The molecule has 0 radical (unpaired) electrons. The molecule has 0 saturated heterocycles.